The fourth-order valence-electron chi connectivity index (χ4n) is 2.57. The van der Waals surface area contributed by atoms with E-state index < -0.39 is 0 Å². The first kappa shape index (κ1) is 20.9. The summed E-state index contributed by atoms with van der Waals surface area (Å²) in [6, 6.07) is 0. The molecule has 0 saturated heterocycles. The van der Waals surface area contributed by atoms with E-state index in [1.165, 1.54) is 37.7 Å². The standard InChI is InChI=1S/C9H11.C8H11.C2H7Si.Zr/c1-2-5-9-7-3-6-8(9)4-1;1-2-5-8-6-3-4-7-8;1-3-2;/h1-2,4,6,9H,3,5,7H2;6-7H,2-3,5H2,1H3;3H,1-2H3;/q2*-1;;+2. The summed E-state index contributed by atoms with van der Waals surface area (Å²) >= 11 is 0. The molecule has 3 aliphatic carbocycles. The third-order valence-electron chi connectivity index (χ3n) is 3.52. The SMILES string of the molecule is C1=CCC2CC[CH-]C2=C1.CCCC1=CC[C-]=C1.C[SiH]C.[Zr+2]. The molecule has 3 aliphatic rings. The normalized spacial score (nSPS) is 20.6. The van der Waals surface area contributed by atoms with Gasteiger partial charge in [0.15, 0.2) is 0 Å². The Hall–Kier alpha value is -0.0700. The van der Waals surface area contributed by atoms with Crippen molar-refractivity contribution < 1.29 is 26.2 Å². The monoisotopic (exact) mass is 375 g/mol. The van der Waals surface area contributed by atoms with Crippen molar-refractivity contribution in [3.63, 3.8) is 0 Å². The summed E-state index contributed by atoms with van der Waals surface area (Å²) in [7, 11) is 0.750. The van der Waals surface area contributed by atoms with Gasteiger partial charge in [0, 0.05) is 9.52 Å². The average Bonchev–Trinajstić information content (AvgIpc) is 3.11. The first-order chi connectivity index (χ1) is 9.81. The summed E-state index contributed by atoms with van der Waals surface area (Å²) in [4.78, 5) is 0. The predicted molar refractivity (Wildman–Crippen MR) is 93.2 cm³/mol. The van der Waals surface area contributed by atoms with Gasteiger partial charge in [-0.2, -0.15) is 6.08 Å². The minimum Gasteiger partial charge on any atom is -0.273 e. The first-order valence-electron chi connectivity index (χ1n) is 8.01. The van der Waals surface area contributed by atoms with Gasteiger partial charge in [-0.05, 0) is 12.3 Å². The van der Waals surface area contributed by atoms with Gasteiger partial charge in [-0.1, -0.05) is 39.3 Å². The molecular formula is C19H29SiZr. The maximum Gasteiger partial charge on any atom is 2.00 e. The minimum atomic E-state index is 0. The molecule has 0 aliphatic heterocycles. The van der Waals surface area contributed by atoms with Crippen LogP contribution in [0.2, 0.25) is 13.1 Å². The largest absolute Gasteiger partial charge is 2.00 e. The fraction of sp³-hybridized carbons (Fsp3) is 0.526. The number of rotatable bonds is 2. The van der Waals surface area contributed by atoms with E-state index in [9.17, 15) is 0 Å². The Bertz CT molecular complexity index is 377. The zero-order chi connectivity index (χ0) is 14.6. The molecule has 21 heavy (non-hydrogen) atoms. The second-order valence-corrected chi connectivity index (χ2v) is 6.62. The van der Waals surface area contributed by atoms with E-state index in [2.05, 4.69) is 62.9 Å². The average molecular weight is 377 g/mol. The summed E-state index contributed by atoms with van der Waals surface area (Å²) in [5.41, 5.74) is 3.05. The Labute approximate surface area is 153 Å². The van der Waals surface area contributed by atoms with E-state index >= 15 is 0 Å². The maximum absolute atomic E-state index is 3.14. The molecular weight excluding hydrogens is 348 g/mol. The number of allylic oxidation sites excluding steroid dienone is 8. The summed E-state index contributed by atoms with van der Waals surface area (Å²) in [6.45, 7) is 6.62. The van der Waals surface area contributed by atoms with Crippen LogP contribution in [-0.4, -0.2) is 9.52 Å². The van der Waals surface area contributed by atoms with Crippen molar-refractivity contribution in [2.24, 2.45) is 5.92 Å². The predicted octanol–water partition coefficient (Wildman–Crippen LogP) is 5.48. The van der Waals surface area contributed by atoms with E-state index in [0.717, 1.165) is 21.9 Å². The molecule has 0 aromatic heterocycles. The molecule has 2 heteroatoms. The molecule has 0 aromatic rings. The Balaban J connectivity index is 0.000000312. The summed E-state index contributed by atoms with van der Waals surface area (Å²) < 4.78 is 0. The van der Waals surface area contributed by atoms with Gasteiger partial charge in [0.2, 0.25) is 0 Å². The number of hydrogen-bond acceptors (Lipinski definition) is 0. The Morgan fingerprint density at radius 1 is 1.38 bits per heavy atom. The van der Waals surface area contributed by atoms with Gasteiger partial charge in [0.05, 0.1) is 0 Å². The summed E-state index contributed by atoms with van der Waals surface area (Å²) in [6.07, 6.45) is 24.0. The topological polar surface area (TPSA) is 0 Å². The quantitative estimate of drug-likeness (QED) is 0.442. The molecule has 3 rings (SSSR count). The smallest absolute Gasteiger partial charge is 0.273 e. The molecule has 0 bridgehead atoms. The molecule has 113 valence electrons. The van der Waals surface area contributed by atoms with E-state index in [1.807, 2.05) is 0 Å². The number of hydrogen-bond donors (Lipinski definition) is 0. The third-order valence-corrected chi connectivity index (χ3v) is 3.52. The van der Waals surface area contributed by atoms with Crippen molar-refractivity contribution in [1.82, 2.24) is 0 Å². The molecule has 0 spiro atoms. The van der Waals surface area contributed by atoms with Crippen LogP contribution in [0, 0.1) is 18.4 Å². The molecule has 0 nitrogen and oxygen atoms in total. The molecule has 1 saturated carbocycles. The van der Waals surface area contributed by atoms with E-state index in [4.69, 9.17) is 0 Å². The van der Waals surface area contributed by atoms with Gasteiger partial charge >= 0.3 is 26.2 Å². The van der Waals surface area contributed by atoms with Crippen molar-refractivity contribution in [3.05, 3.63) is 54.0 Å². The van der Waals surface area contributed by atoms with Gasteiger partial charge < -0.3 is 0 Å². The Morgan fingerprint density at radius 2 is 2.14 bits per heavy atom. The number of fused-ring (bicyclic) bond motifs is 1. The van der Waals surface area contributed by atoms with Crippen LogP contribution in [0.25, 0.3) is 0 Å². The van der Waals surface area contributed by atoms with Crippen LogP contribution in [0.3, 0.4) is 0 Å². The zero-order valence-corrected chi connectivity index (χ0v) is 17.5. The van der Waals surface area contributed by atoms with Crippen LogP contribution in [0.4, 0.5) is 0 Å². The maximum atomic E-state index is 3.14. The van der Waals surface area contributed by atoms with Crippen molar-refractivity contribution in [1.29, 1.82) is 0 Å². The minimum absolute atomic E-state index is 0. The Morgan fingerprint density at radius 3 is 2.71 bits per heavy atom. The van der Waals surface area contributed by atoms with Crippen molar-refractivity contribution >= 4 is 9.52 Å². The molecule has 1 fully saturated rings. The van der Waals surface area contributed by atoms with Crippen molar-refractivity contribution in [3.8, 4) is 0 Å². The van der Waals surface area contributed by atoms with E-state index in [0.29, 0.717) is 0 Å². The fourth-order valence-corrected chi connectivity index (χ4v) is 2.57. The summed E-state index contributed by atoms with van der Waals surface area (Å²) in [5, 5.41) is 0. The van der Waals surface area contributed by atoms with Crippen molar-refractivity contribution in [2.45, 2.75) is 58.5 Å². The van der Waals surface area contributed by atoms with Crippen LogP contribution < -0.4 is 0 Å². The van der Waals surface area contributed by atoms with Gasteiger partial charge in [0.25, 0.3) is 0 Å². The van der Waals surface area contributed by atoms with Crippen molar-refractivity contribution in [2.75, 3.05) is 0 Å². The molecule has 0 aromatic carbocycles. The van der Waals surface area contributed by atoms with Crippen LogP contribution in [0.1, 0.15) is 45.4 Å². The van der Waals surface area contributed by atoms with E-state index in [-0.39, 0.29) is 26.2 Å². The van der Waals surface area contributed by atoms with Gasteiger partial charge in [-0.15, -0.1) is 25.0 Å². The van der Waals surface area contributed by atoms with E-state index in [1.54, 1.807) is 5.57 Å². The second kappa shape index (κ2) is 13.6. The second-order valence-electron chi connectivity index (χ2n) is 5.47. The van der Waals surface area contributed by atoms with Crippen LogP contribution in [-0.2, 0) is 26.2 Å². The zero-order valence-electron chi connectivity index (χ0n) is 13.9. The van der Waals surface area contributed by atoms with Crippen LogP contribution in [0.15, 0.2) is 41.5 Å². The molecule has 0 amide bonds. The van der Waals surface area contributed by atoms with Crippen LogP contribution in [0.5, 0.6) is 0 Å². The van der Waals surface area contributed by atoms with Crippen LogP contribution >= 0.6 is 0 Å². The summed E-state index contributed by atoms with van der Waals surface area (Å²) in [5.74, 6) is 0.884. The third kappa shape index (κ3) is 8.83. The van der Waals surface area contributed by atoms with Gasteiger partial charge in [-0.3, -0.25) is 6.08 Å². The molecule has 0 heterocycles. The molecule has 1 atom stereocenters. The first-order valence-corrected chi connectivity index (χ1v) is 10.3. The van der Waals surface area contributed by atoms with Gasteiger partial charge in [0.1, 0.15) is 0 Å². The molecule has 0 N–H and O–H groups in total. The molecule has 1 radical (unpaired) electrons. The Kier molecular flexibility index (Phi) is 13.5. The molecule has 1 unspecified atom stereocenters. The van der Waals surface area contributed by atoms with Gasteiger partial charge in [-0.25, -0.2) is 29.7 Å².